The molecule has 0 aromatic carbocycles. The molecule has 0 radical (unpaired) electrons. The van der Waals surface area contributed by atoms with Gasteiger partial charge in [0.05, 0.1) is 0 Å². The minimum absolute atomic E-state index is 0.0175. The van der Waals surface area contributed by atoms with Crippen LogP contribution in [0.25, 0.3) is 0 Å². The molecule has 1 unspecified atom stereocenters. The molecular formula is C13H25N3O3. The first-order chi connectivity index (χ1) is 9.13. The van der Waals surface area contributed by atoms with E-state index in [-0.39, 0.29) is 12.5 Å². The highest BCUT2D eigenvalue weighted by Gasteiger charge is 2.22. The Kier molecular flexibility index (Phi) is 7.25. The molecular weight excluding hydrogens is 246 g/mol. The molecule has 3 N–H and O–H groups in total. The molecule has 1 saturated heterocycles. The molecule has 1 aliphatic rings. The van der Waals surface area contributed by atoms with E-state index in [0.717, 1.165) is 26.1 Å². The molecule has 1 rings (SSSR count). The number of unbranched alkanes of at least 4 members (excludes halogenated alkanes) is 1. The third-order valence-electron chi connectivity index (χ3n) is 3.39. The summed E-state index contributed by atoms with van der Waals surface area (Å²) in [6.07, 6.45) is 3.72. The Morgan fingerprint density at radius 2 is 2.16 bits per heavy atom. The van der Waals surface area contributed by atoms with Gasteiger partial charge in [0.1, 0.15) is 0 Å². The van der Waals surface area contributed by atoms with Crippen LogP contribution in [-0.4, -0.2) is 55.2 Å². The topological polar surface area (TPSA) is 81.7 Å². The van der Waals surface area contributed by atoms with Crippen LogP contribution in [-0.2, 0) is 4.79 Å². The average molecular weight is 271 g/mol. The van der Waals surface area contributed by atoms with Crippen molar-refractivity contribution in [3.05, 3.63) is 0 Å². The Hall–Kier alpha value is -1.30. The van der Waals surface area contributed by atoms with Gasteiger partial charge in [-0.15, -0.1) is 0 Å². The number of amides is 2. The van der Waals surface area contributed by atoms with Crippen molar-refractivity contribution < 1.29 is 14.7 Å². The van der Waals surface area contributed by atoms with Crippen molar-refractivity contribution in [1.82, 2.24) is 15.5 Å². The van der Waals surface area contributed by atoms with Crippen LogP contribution in [0.4, 0.5) is 4.79 Å². The molecule has 1 fully saturated rings. The molecule has 0 aliphatic carbocycles. The first-order valence-electron chi connectivity index (χ1n) is 7.02. The molecule has 1 atom stereocenters. The van der Waals surface area contributed by atoms with Gasteiger partial charge >= 0.3 is 12.0 Å². The van der Waals surface area contributed by atoms with E-state index in [1.807, 2.05) is 11.9 Å². The predicted octanol–water partition coefficient (Wildman–Crippen LogP) is 0.882. The summed E-state index contributed by atoms with van der Waals surface area (Å²) in [6, 6.07) is -0.0175. The summed E-state index contributed by atoms with van der Waals surface area (Å²) in [6.45, 7) is 3.13. The summed E-state index contributed by atoms with van der Waals surface area (Å²) in [5, 5.41) is 14.5. The zero-order chi connectivity index (χ0) is 14.1. The summed E-state index contributed by atoms with van der Waals surface area (Å²) >= 11 is 0. The maximum absolute atomic E-state index is 11.9. The van der Waals surface area contributed by atoms with E-state index < -0.39 is 5.97 Å². The molecule has 6 heteroatoms. The smallest absolute Gasteiger partial charge is 0.317 e. The van der Waals surface area contributed by atoms with Gasteiger partial charge in [-0.25, -0.2) is 4.79 Å². The summed E-state index contributed by atoms with van der Waals surface area (Å²) < 4.78 is 0. The van der Waals surface area contributed by atoms with Crippen molar-refractivity contribution in [3.8, 4) is 0 Å². The van der Waals surface area contributed by atoms with Gasteiger partial charge in [-0.1, -0.05) is 0 Å². The molecule has 1 aliphatic heterocycles. The number of hydrogen-bond donors (Lipinski definition) is 3. The van der Waals surface area contributed by atoms with Crippen LogP contribution in [0.3, 0.4) is 0 Å². The summed E-state index contributed by atoms with van der Waals surface area (Å²) in [5.41, 5.74) is 0. The first-order valence-corrected chi connectivity index (χ1v) is 7.02. The molecule has 0 spiro atoms. The van der Waals surface area contributed by atoms with Crippen molar-refractivity contribution in [3.63, 3.8) is 0 Å². The number of urea groups is 1. The predicted molar refractivity (Wildman–Crippen MR) is 73.1 cm³/mol. The average Bonchev–Trinajstić information content (AvgIpc) is 2.38. The normalized spacial score (nSPS) is 19.2. The standard InChI is InChI=1S/C13H25N3O3/c1-14-9-11-5-4-8-16(10-11)13(19)15-7-3-2-6-12(17)18/h11,14H,2-10H2,1H3,(H,15,19)(H,17,18). The number of piperidine rings is 1. The fourth-order valence-corrected chi connectivity index (χ4v) is 2.41. The Morgan fingerprint density at radius 1 is 1.37 bits per heavy atom. The molecule has 110 valence electrons. The first kappa shape index (κ1) is 15.8. The summed E-state index contributed by atoms with van der Waals surface area (Å²) in [7, 11) is 1.93. The minimum Gasteiger partial charge on any atom is -0.481 e. The summed E-state index contributed by atoms with van der Waals surface area (Å²) in [4.78, 5) is 24.1. The van der Waals surface area contributed by atoms with Crippen LogP contribution in [0.2, 0.25) is 0 Å². The highest BCUT2D eigenvalue weighted by Crippen LogP contribution is 2.15. The van der Waals surface area contributed by atoms with Gasteiger partial charge in [0.15, 0.2) is 0 Å². The number of carbonyl (C=O) groups excluding carboxylic acids is 1. The number of rotatable bonds is 7. The lowest BCUT2D eigenvalue weighted by molar-refractivity contribution is -0.137. The second-order valence-electron chi connectivity index (χ2n) is 5.09. The number of carboxylic acids is 1. The van der Waals surface area contributed by atoms with Gasteiger partial charge < -0.3 is 20.6 Å². The molecule has 0 aromatic heterocycles. The van der Waals surface area contributed by atoms with Crippen LogP contribution in [0, 0.1) is 5.92 Å². The SMILES string of the molecule is CNCC1CCCN(C(=O)NCCCCC(=O)O)C1. The van der Waals surface area contributed by atoms with Gasteiger partial charge in [0.25, 0.3) is 0 Å². The second kappa shape index (κ2) is 8.74. The van der Waals surface area contributed by atoms with Crippen LogP contribution >= 0.6 is 0 Å². The lowest BCUT2D eigenvalue weighted by atomic mass is 9.98. The Labute approximate surface area is 114 Å². The number of hydrogen-bond acceptors (Lipinski definition) is 3. The van der Waals surface area contributed by atoms with Crippen molar-refractivity contribution in [1.29, 1.82) is 0 Å². The van der Waals surface area contributed by atoms with Gasteiger partial charge in [-0.2, -0.15) is 0 Å². The maximum Gasteiger partial charge on any atom is 0.317 e. The van der Waals surface area contributed by atoms with Crippen LogP contribution in [0.5, 0.6) is 0 Å². The zero-order valence-corrected chi connectivity index (χ0v) is 11.7. The van der Waals surface area contributed by atoms with Crippen molar-refractivity contribution in [2.75, 3.05) is 33.2 Å². The monoisotopic (exact) mass is 271 g/mol. The van der Waals surface area contributed by atoms with E-state index in [1.54, 1.807) is 0 Å². The number of likely N-dealkylation sites (tertiary alicyclic amines) is 1. The molecule has 0 bridgehead atoms. The highest BCUT2D eigenvalue weighted by atomic mass is 16.4. The number of nitrogens with one attached hydrogen (secondary N) is 2. The van der Waals surface area contributed by atoms with Gasteiger partial charge in [-0.05, 0) is 45.2 Å². The lowest BCUT2D eigenvalue weighted by Crippen LogP contribution is -2.47. The minimum atomic E-state index is -0.780. The molecule has 2 amide bonds. The Bertz CT molecular complexity index is 295. The van der Waals surface area contributed by atoms with E-state index in [0.29, 0.717) is 25.3 Å². The third-order valence-corrected chi connectivity index (χ3v) is 3.39. The fourth-order valence-electron chi connectivity index (χ4n) is 2.41. The largest absolute Gasteiger partial charge is 0.481 e. The summed E-state index contributed by atoms with van der Waals surface area (Å²) in [5.74, 6) is -0.242. The maximum atomic E-state index is 11.9. The van der Waals surface area contributed by atoms with Crippen molar-refractivity contribution in [2.45, 2.75) is 32.1 Å². The van der Waals surface area contributed by atoms with E-state index in [2.05, 4.69) is 10.6 Å². The number of aliphatic carboxylic acids is 1. The highest BCUT2D eigenvalue weighted by molar-refractivity contribution is 5.74. The molecule has 1 heterocycles. The quantitative estimate of drug-likeness (QED) is 0.600. The molecule has 0 aromatic rings. The van der Waals surface area contributed by atoms with Crippen LogP contribution < -0.4 is 10.6 Å². The van der Waals surface area contributed by atoms with E-state index in [1.165, 1.54) is 6.42 Å². The number of nitrogens with zero attached hydrogens (tertiary/aromatic N) is 1. The van der Waals surface area contributed by atoms with Gasteiger partial charge in [-0.3, -0.25) is 4.79 Å². The Morgan fingerprint density at radius 3 is 2.84 bits per heavy atom. The van der Waals surface area contributed by atoms with Crippen LogP contribution in [0.15, 0.2) is 0 Å². The number of carboxylic acid groups (broad SMARTS) is 1. The molecule has 0 saturated carbocycles. The van der Waals surface area contributed by atoms with E-state index in [4.69, 9.17) is 5.11 Å². The number of carbonyl (C=O) groups is 2. The Balaban J connectivity index is 2.16. The molecule has 6 nitrogen and oxygen atoms in total. The third kappa shape index (κ3) is 6.42. The van der Waals surface area contributed by atoms with Crippen molar-refractivity contribution in [2.24, 2.45) is 5.92 Å². The van der Waals surface area contributed by atoms with Gasteiger partial charge in [0.2, 0.25) is 0 Å². The van der Waals surface area contributed by atoms with Gasteiger partial charge in [0, 0.05) is 26.1 Å². The fraction of sp³-hybridized carbons (Fsp3) is 0.846. The molecule has 19 heavy (non-hydrogen) atoms. The second-order valence-corrected chi connectivity index (χ2v) is 5.09. The van der Waals surface area contributed by atoms with Crippen molar-refractivity contribution >= 4 is 12.0 Å². The lowest BCUT2D eigenvalue weighted by Gasteiger charge is -2.32. The van der Waals surface area contributed by atoms with E-state index >= 15 is 0 Å². The zero-order valence-electron chi connectivity index (χ0n) is 11.7. The van der Waals surface area contributed by atoms with E-state index in [9.17, 15) is 9.59 Å². The van der Waals surface area contributed by atoms with Crippen LogP contribution in [0.1, 0.15) is 32.1 Å².